The molecule has 1 rings (SSSR count). The molecule has 0 aliphatic carbocycles. The highest BCUT2D eigenvalue weighted by atomic mass is 79.9. The van der Waals surface area contributed by atoms with Gasteiger partial charge in [-0.15, -0.1) is 0 Å². The zero-order chi connectivity index (χ0) is 16.4. The molecule has 2 N–H and O–H groups in total. The van der Waals surface area contributed by atoms with Crippen LogP contribution in [0.15, 0.2) is 21.5 Å². The molecule has 0 aliphatic heterocycles. The van der Waals surface area contributed by atoms with Crippen molar-refractivity contribution in [2.45, 2.75) is 25.7 Å². The normalized spacial score (nSPS) is 11.8. The van der Waals surface area contributed by atoms with E-state index in [1.165, 1.54) is 4.90 Å². The highest BCUT2D eigenvalue weighted by Crippen LogP contribution is 2.25. The van der Waals surface area contributed by atoms with Crippen LogP contribution in [0.1, 0.15) is 31.1 Å². The van der Waals surface area contributed by atoms with E-state index in [0.29, 0.717) is 13.1 Å². The number of carbonyl (C=O) groups excluding carboxylic acids is 1. The van der Waals surface area contributed by atoms with Gasteiger partial charge < -0.3 is 4.90 Å². The molecular weight excluding hydrogens is 363 g/mol. The molecule has 0 atom stereocenters. The van der Waals surface area contributed by atoms with Crippen LogP contribution in [0, 0.1) is 11.7 Å². The van der Waals surface area contributed by atoms with Crippen molar-refractivity contribution in [2.75, 3.05) is 13.1 Å². The van der Waals surface area contributed by atoms with Gasteiger partial charge in [0.1, 0.15) is 5.82 Å². The number of hydrogen-bond acceptors (Lipinski definition) is 3. The lowest BCUT2D eigenvalue weighted by Crippen LogP contribution is -2.34. The Kier molecular flexibility index (Phi) is 5.89. The first-order valence-corrected chi connectivity index (χ1v) is 8.73. The Hall–Kier alpha value is -0.990. The molecule has 0 unspecified atom stereocenters. The van der Waals surface area contributed by atoms with Crippen LogP contribution in [0.4, 0.5) is 4.39 Å². The highest BCUT2D eigenvalue weighted by molar-refractivity contribution is 9.10. The van der Waals surface area contributed by atoms with Gasteiger partial charge in [-0.3, -0.25) is 4.79 Å². The van der Waals surface area contributed by atoms with Crippen molar-refractivity contribution < 1.29 is 17.6 Å². The van der Waals surface area contributed by atoms with E-state index in [-0.39, 0.29) is 20.8 Å². The summed E-state index contributed by atoms with van der Waals surface area (Å²) < 4.78 is 36.9. The van der Waals surface area contributed by atoms with Gasteiger partial charge in [0.2, 0.25) is 10.0 Å². The van der Waals surface area contributed by atoms with Crippen LogP contribution in [-0.2, 0) is 10.0 Å². The van der Waals surface area contributed by atoms with Gasteiger partial charge in [-0.25, -0.2) is 17.9 Å². The number of sulfonamides is 1. The first-order valence-electron chi connectivity index (χ1n) is 6.39. The monoisotopic (exact) mass is 380 g/mol. The maximum absolute atomic E-state index is 14.0. The quantitative estimate of drug-likeness (QED) is 0.850. The maximum Gasteiger partial charge on any atom is 0.256 e. The van der Waals surface area contributed by atoms with Gasteiger partial charge in [0.05, 0.1) is 10.5 Å². The van der Waals surface area contributed by atoms with Crippen molar-refractivity contribution in [2.24, 2.45) is 11.1 Å². The zero-order valence-electron chi connectivity index (χ0n) is 12.1. The Bertz CT molecular complexity index is 647. The number of halogens is 2. The van der Waals surface area contributed by atoms with Crippen LogP contribution in [0.2, 0.25) is 0 Å². The summed E-state index contributed by atoms with van der Waals surface area (Å²) in [6.45, 7) is 6.50. The summed E-state index contributed by atoms with van der Waals surface area (Å²) in [4.78, 5) is 13.5. The lowest BCUT2D eigenvalue weighted by atomic mass is 10.1. The van der Waals surface area contributed by atoms with Crippen LogP contribution in [0.5, 0.6) is 0 Å². The van der Waals surface area contributed by atoms with E-state index >= 15 is 0 Å². The Balaban J connectivity index is 3.33. The number of benzene rings is 1. The molecule has 0 saturated carbocycles. The smallest absolute Gasteiger partial charge is 0.256 e. The fraction of sp³-hybridized carbons (Fsp3) is 0.462. The molecule has 5 nitrogen and oxygen atoms in total. The third-order valence-corrected chi connectivity index (χ3v) is 4.68. The van der Waals surface area contributed by atoms with Crippen LogP contribution < -0.4 is 5.14 Å². The van der Waals surface area contributed by atoms with E-state index in [2.05, 4.69) is 15.9 Å². The van der Waals surface area contributed by atoms with E-state index in [4.69, 9.17) is 5.14 Å². The van der Waals surface area contributed by atoms with Crippen molar-refractivity contribution in [3.05, 3.63) is 28.0 Å². The van der Waals surface area contributed by atoms with Crippen LogP contribution in [0.25, 0.3) is 0 Å². The van der Waals surface area contributed by atoms with Gasteiger partial charge in [0, 0.05) is 17.6 Å². The largest absolute Gasteiger partial charge is 0.339 e. The second-order valence-corrected chi connectivity index (χ2v) is 7.43. The van der Waals surface area contributed by atoms with Crippen molar-refractivity contribution in [3.8, 4) is 0 Å². The molecule has 1 aromatic rings. The predicted molar refractivity (Wildman–Crippen MR) is 81.9 cm³/mol. The minimum Gasteiger partial charge on any atom is -0.339 e. The number of nitrogens with two attached hydrogens (primary N) is 1. The van der Waals surface area contributed by atoms with Gasteiger partial charge >= 0.3 is 0 Å². The third kappa shape index (κ3) is 4.49. The zero-order valence-corrected chi connectivity index (χ0v) is 14.5. The summed E-state index contributed by atoms with van der Waals surface area (Å²) in [7, 11) is -4.05. The van der Waals surface area contributed by atoms with Crippen molar-refractivity contribution >= 4 is 31.9 Å². The van der Waals surface area contributed by atoms with Crippen molar-refractivity contribution in [1.29, 1.82) is 0 Å². The molecule has 0 aromatic heterocycles. The second-order valence-electron chi connectivity index (χ2n) is 5.05. The summed E-state index contributed by atoms with van der Waals surface area (Å²) in [5.74, 6) is -1.13. The van der Waals surface area contributed by atoms with E-state index in [0.717, 1.165) is 12.1 Å². The molecule has 0 fully saturated rings. The Morgan fingerprint density at radius 1 is 1.43 bits per heavy atom. The Morgan fingerprint density at radius 3 is 2.43 bits per heavy atom. The number of nitrogens with zero attached hydrogens (tertiary/aromatic N) is 1. The number of amides is 1. The predicted octanol–water partition coefficient (Wildman–Crippen LogP) is 2.35. The minimum absolute atomic E-state index is 0.00837. The molecule has 1 amide bonds. The van der Waals surface area contributed by atoms with Crippen LogP contribution in [0.3, 0.4) is 0 Å². The first-order chi connectivity index (χ1) is 9.57. The van der Waals surface area contributed by atoms with Gasteiger partial charge in [-0.1, -0.05) is 13.8 Å². The summed E-state index contributed by atoms with van der Waals surface area (Å²) in [5.41, 5.74) is -0.301. The number of rotatable bonds is 5. The molecule has 0 saturated heterocycles. The molecule has 0 heterocycles. The number of carbonyl (C=O) groups is 1. The molecule has 0 bridgehead atoms. The molecule has 0 aliphatic rings. The summed E-state index contributed by atoms with van der Waals surface area (Å²) in [5, 5.41) is 5.06. The summed E-state index contributed by atoms with van der Waals surface area (Å²) in [6, 6.07) is 1.91. The average Bonchev–Trinajstić information content (AvgIpc) is 2.33. The molecular formula is C13H18BrFN2O3S. The highest BCUT2D eigenvalue weighted by Gasteiger charge is 2.23. The molecule has 1 aromatic carbocycles. The first kappa shape index (κ1) is 18.1. The summed E-state index contributed by atoms with van der Waals surface area (Å²) >= 11 is 2.94. The molecule has 8 heteroatoms. The topological polar surface area (TPSA) is 80.5 Å². The molecule has 0 radical (unpaired) electrons. The maximum atomic E-state index is 14.0. The number of primary sulfonamides is 1. The van der Waals surface area contributed by atoms with Crippen molar-refractivity contribution in [3.63, 3.8) is 0 Å². The molecule has 0 spiro atoms. The SMILES string of the molecule is CCN(CC(C)C)C(=O)c1cc(S(N)(=O)=O)c(Br)cc1F. The lowest BCUT2D eigenvalue weighted by molar-refractivity contribution is 0.0740. The van der Waals surface area contributed by atoms with Gasteiger partial charge in [-0.05, 0) is 40.9 Å². The lowest BCUT2D eigenvalue weighted by Gasteiger charge is -2.23. The van der Waals surface area contributed by atoms with Gasteiger partial charge in [0.25, 0.3) is 5.91 Å². The van der Waals surface area contributed by atoms with Crippen molar-refractivity contribution in [1.82, 2.24) is 4.90 Å². The molecule has 21 heavy (non-hydrogen) atoms. The van der Waals surface area contributed by atoms with E-state index < -0.39 is 21.7 Å². The van der Waals surface area contributed by atoms with Gasteiger partial charge in [0.15, 0.2) is 0 Å². The summed E-state index contributed by atoms with van der Waals surface area (Å²) in [6.07, 6.45) is 0. The fourth-order valence-corrected chi connectivity index (χ4v) is 3.48. The standard InChI is InChI=1S/C13H18BrFN2O3S/c1-4-17(7-8(2)3)13(18)9-5-12(21(16,19)20)10(14)6-11(9)15/h5-6,8H,4,7H2,1-3H3,(H2,16,19,20). The van der Waals surface area contributed by atoms with E-state index in [1.807, 2.05) is 13.8 Å². The average molecular weight is 381 g/mol. The minimum atomic E-state index is -4.05. The second kappa shape index (κ2) is 6.85. The fourth-order valence-electron chi connectivity index (χ4n) is 1.88. The van der Waals surface area contributed by atoms with Crippen LogP contribution in [-0.4, -0.2) is 32.3 Å². The van der Waals surface area contributed by atoms with Gasteiger partial charge in [-0.2, -0.15) is 0 Å². The Morgan fingerprint density at radius 2 is 2.00 bits per heavy atom. The Labute approximate surface area is 132 Å². The van der Waals surface area contributed by atoms with E-state index in [1.54, 1.807) is 6.92 Å². The number of hydrogen-bond donors (Lipinski definition) is 1. The van der Waals surface area contributed by atoms with Crippen LogP contribution >= 0.6 is 15.9 Å². The third-order valence-electron chi connectivity index (χ3n) is 2.81. The molecule has 118 valence electrons. The van der Waals surface area contributed by atoms with E-state index in [9.17, 15) is 17.6 Å².